The molecule has 1 amide bonds. The molecule has 15 heavy (non-hydrogen) atoms. The van der Waals surface area contributed by atoms with Crippen molar-refractivity contribution < 1.29 is 9.18 Å². The zero-order valence-corrected chi connectivity index (χ0v) is 9.51. The highest BCUT2D eigenvalue weighted by Crippen LogP contribution is 2.13. The van der Waals surface area contributed by atoms with Crippen LogP contribution >= 0.6 is 12.4 Å². The summed E-state index contributed by atoms with van der Waals surface area (Å²) in [5, 5.41) is 0. The summed E-state index contributed by atoms with van der Waals surface area (Å²) < 4.78 is 12.4. The molecule has 0 aromatic heterocycles. The van der Waals surface area contributed by atoms with E-state index in [0.717, 1.165) is 12.8 Å². The summed E-state index contributed by atoms with van der Waals surface area (Å²) in [5.74, 6) is -0.129. The van der Waals surface area contributed by atoms with Crippen LogP contribution in [0.15, 0.2) is 0 Å². The van der Waals surface area contributed by atoms with E-state index >= 15 is 0 Å². The molecule has 0 bridgehead atoms. The van der Waals surface area contributed by atoms with Gasteiger partial charge < -0.3 is 16.4 Å². The molecule has 1 aliphatic heterocycles. The molecule has 4 nitrogen and oxygen atoms in total. The fraction of sp³-hybridized carbons (Fsp3) is 0.889. The third-order valence-electron chi connectivity index (χ3n) is 2.44. The Bertz CT molecular complexity index is 200. The molecule has 0 aromatic rings. The number of halogens is 2. The van der Waals surface area contributed by atoms with Gasteiger partial charge in [-0.2, -0.15) is 0 Å². The van der Waals surface area contributed by atoms with E-state index in [0.29, 0.717) is 13.0 Å². The van der Waals surface area contributed by atoms with Crippen LogP contribution in [0, 0.1) is 0 Å². The SMILES string of the molecule is Cl.NCCCCC(N)C(=O)N1CC(F)C1. The lowest BCUT2D eigenvalue weighted by molar-refractivity contribution is -0.139. The summed E-state index contributed by atoms with van der Waals surface area (Å²) in [6.07, 6.45) is 1.53. The van der Waals surface area contributed by atoms with Crippen LogP contribution in [0.3, 0.4) is 0 Å². The highest BCUT2D eigenvalue weighted by atomic mass is 35.5. The number of carbonyl (C=O) groups excluding carboxylic acids is 1. The van der Waals surface area contributed by atoms with Gasteiger partial charge in [0.25, 0.3) is 0 Å². The van der Waals surface area contributed by atoms with Gasteiger partial charge in [-0.05, 0) is 19.4 Å². The summed E-state index contributed by atoms with van der Waals surface area (Å²) in [6.45, 7) is 1.05. The van der Waals surface area contributed by atoms with Crippen LogP contribution in [-0.4, -0.2) is 42.7 Å². The Kier molecular flexibility index (Phi) is 6.80. The molecule has 1 heterocycles. The van der Waals surface area contributed by atoms with Crippen molar-refractivity contribution in [2.45, 2.75) is 31.5 Å². The highest BCUT2D eigenvalue weighted by molar-refractivity contribution is 5.85. The first-order valence-corrected chi connectivity index (χ1v) is 5.03. The molecule has 1 fully saturated rings. The van der Waals surface area contributed by atoms with E-state index in [9.17, 15) is 9.18 Å². The normalized spacial score (nSPS) is 17.9. The van der Waals surface area contributed by atoms with Crippen LogP contribution in [-0.2, 0) is 4.79 Å². The van der Waals surface area contributed by atoms with Crippen LogP contribution in [0.4, 0.5) is 4.39 Å². The second-order valence-electron chi connectivity index (χ2n) is 3.73. The van der Waals surface area contributed by atoms with Crippen molar-refractivity contribution in [3.05, 3.63) is 0 Å². The minimum Gasteiger partial charge on any atom is -0.335 e. The molecule has 0 spiro atoms. The molecule has 4 N–H and O–H groups in total. The van der Waals surface area contributed by atoms with Crippen molar-refractivity contribution in [1.82, 2.24) is 4.90 Å². The lowest BCUT2D eigenvalue weighted by atomic mass is 10.1. The maximum atomic E-state index is 12.4. The molecule has 0 aromatic carbocycles. The van der Waals surface area contributed by atoms with Crippen molar-refractivity contribution in [2.75, 3.05) is 19.6 Å². The number of likely N-dealkylation sites (tertiary alicyclic amines) is 1. The lowest BCUT2D eigenvalue weighted by Gasteiger charge is -2.36. The smallest absolute Gasteiger partial charge is 0.239 e. The van der Waals surface area contributed by atoms with Gasteiger partial charge in [-0.25, -0.2) is 4.39 Å². The van der Waals surface area contributed by atoms with E-state index in [2.05, 4.69) is 0 Å². The quantitative estimate of drug-likeness (QED) is 0.666. The van der Waals surface area contributed by atoms with E-state index < -0.39 is 12.2 Å². The first-order valence-electron chi connectivity index (χ1n) is 5.03. The van der Waals surface area contributed by atoms with Gasteiger partial charge in [0, 0.05) is 0 Å². The molecule has 1 atom stereocenters. The Morgan fingerprint density at radius 2 is 2.07 bits per heavy atom. The average molecular weight is 240 g/mol. The number of hydrogen-bond acceptors (Lipinski definition) is 3. The second-order valence-corrected chi connectivity index (χ2v) is 3.73. The fourth-order valence-electron chi connectivity index (χ4n) is 1.47. The largest absolute Gasteiger partial charge is 0.335 e. The fourth-order valence-corrected chi connectivity index (χ4v) is 1.47. The predicted molar refractivity (Wildman–Crippen MR) is 59.6 cm³/mol. The molecule has 90 valence electrons. The van der Waals surface area contributed by atoms with Gasteiger partial charge in [0.05, 0.1) is 19.1 Å². The summed E-state index contributed by atoms with van der Waals surface area (Å²) >= 11 is 0. The number of nitrogens with zero attached hydrogens (tertiary/aromatic N) is 1. The maximum absolute atomic E-state index is 12.4. The predicted octanol–water partition coefficient (Wildman–Crippen LogP) is 0.0448. The minimum absolute atomic E-state index is 0. The number of hydrogen-bond donors (Lipinski definition) is 2. The molecule has 0 saturated carbocycles. The molecule has 0 aliphatic carbocycles. The van der Waals surface area contributed by atoms with Crippen LogP contribution in [0.2, 0.25) is 0 Å². The zero-order chi connectivity index (χ0) is 10.6. The summed E-state index contributed by atoms with van der Waals surface area (Å²) in [4.78, 5) is 12.9. The van der Waals surface area contributed by atoms with Crippen LogP contribution in [0.1, 0.15) is 19.3 Å². The van der Waals surface area contributed by atoms with E-state index in [-0.39, 0.29) is 31.4 Å². The molecule has 1 saturated heterocycles. The Hall–Kier alpha value is -0.390. The first kappa shape index (κ1) is 14.6. The Balaban J connectivity index is 0.00000196. The van der Waals surface area contributed by atoms with E-state index in [4.69, 9.17) is 11.5 Å². The Labute approximate surface area is 95.6 Å². The van der Waals surface area contributed by atoms with Gasteiger partial charge in [0.15, 0.2) is 0 Å². The number of unbranched alkanes of at least 4 members (excludes halogenated alkanes) is 1. The summed E-state index contributed by atoms with van der Waals surface area (Å²) in [6, 6.07) is -0.478. The number of nitrogens with two attached hydrogens (primary N) is 2. The third kappa shape index (κ3) is 4.32. The van der Waals surface area contributed by atoms with Gasteiger partial charge in [-0.3, -0.25) is 4.79 Å². The van der Waals surface area contributed by atoms with E-state index in [1.165, 1.54) is 4.90 Å². The molecule has 1 unspecified atom stereocenters. The van der Waals surface area contributed by atoms with Crippen molar-refractivity contribution in [3.63, 3.8) is 0 Å². The molecule has 1 rings (SSSR count). The maximum Gasteiger partial charge on any atom is 0.239 e. The number of amides is 1. The standard InChI is InChI=1S/C9H18FN3O.ClH/c10-7-5-13(6-7)9(14)8(12)3-1-2-4-11;/h7-8H,1-6,11-12H2;1H. The zero-order valence-electron chi connectivity index (χ0n) is 8.69. The monoisotopic (exact) mass is 239 g/mol. The number of carbonyl (C=O) groups is 1. The van der Waals surface area contributed by atoms with Crippen molar-refractivity contribution >= 4 is 18.3 Å². The lowest BCUT2D eigenvalue weighted by Crippen LogP contribution is -2.56. The molecule has 6 heteroatoms. The summed E-state index contributed by atoms with van der Waals surface area (Å²) in [7, 11) is 0. The minimum atomic E-state index is -0.852. The number of rotatable bonds is 5. The molecular weight excluding hydrogens is 221 g/mol. The molecular formula is C9H19ClFN3O. The average Bonchev–Trinajstić information content (AvgIpc) is 2.12. The van der Waals surface area contributed by atoms with Crippen molar-refractivity contribution in [3.8, 4) is 0 Å². The first-order chi connectivity index (χ1) is 6.65. The molecule has 1 aliphatic rings. The van der Waals surface area contributed by atoms with Gasteiger partial charge in [-0.15, -0.1) is 12.4 Å². The van der Waals surface area contributed by atoms with Crippen LogP contribution < -0.4 is 11.5 Å². The third-order valence-corrected chi connectivity index (χ3v) is 2.44. The topological polar surface area (TPSA) is 72.3 Å². The Morgan fingerprint density at radius 1 is 1.47 bits per heavy atom. The van der Waals surface area contributed by atoms with Gasteiger partial charge in [0.1, 0.15) is 6.17 Å². The van der Waals surface area contributed by atoms with Crippen molar-refractivity contribution in [2.24, 2.45) is 11.5 Å². The molecule has 0 radical (unpaired) electrons. The van der Waals surface area contributed by atoms with Crippen molar-refractivity contribution in [1.29, 1.82) is 0 Å². The van der Waals surface area contributed by atoms with E-state index in [1.54, 1.807) is 0 Å². The van der Waals surface area contributed by atoms with Crippen LogP contribution in [0.25, 0.3) is 0 Å². The second kappa shape index (κ2) is 6.98. The highest BCUT2D eigenvalue weighted by Gasteiger charge is 2.32. The van der Waals surface area contributed by atoms with Gasteiger partial charge in [-0.1, -0.05) is 6.42 Å². The van der Waals surface area contributed by atoms with Gasteiger partial charge >= 0.3 is 0 Å². The van der Waals surface area contributed by atoms with E-state index in [1.807, 2.05) is 0 Å². The number of alkyl halides is 1. The van der Waals surface area contributed by atoms with Crippen LogP contribution in [0.5, 0.6) is 0 Å². The van der Waals surface area contributed by atoms with Gasteiger partial charge in [0.2, 0.25) is 5.91 Å². The summed E-state index contributed by atoms with van der Waals surface area (Å²) in [5.41, 5.74) is 11.0. The Morgan fingerprint density at radius 3 is 2.53 bits per heavy atom.